The predicted molar refractivity (Wildman–Crippen MR) is 38.1 cm³/mol. The number of nitrogens with zero attached hydrogens (tertiary/aromatic N) is 3. The summed E-state index contributed by atoms with van der Waals surface area (Å²) in [4.78, 5) is 12.4. The van der Waals surface area contributed by atoms with Crippen LogP contribution in [0.4, 0.5) is 0 Å². The Morgan fingerprint density at radius 1 is 1.90 bits per heavy atom. The minimum absolute atomic E-state index is 0. The van der Waals surface area contributed by atoms with E-state index in [1.165, 1.54) is 0 Å². The van der Waals surface area contributed by atoms with Crippen LogP contribution in [0.1, 0.15) is 13.3 Å². The first kappa shape index (κ1) is 11.8. The Morgan fingerprint density at radius 2 is 2.40 bits per heavy atom. The SMILES string of the molecule is CCC(N=[N+]=[N-])C(=O)O.Cl. The van der Waals surface area contributed by atoms with E-state index in [-0.39, 0.29) is 12.4 Å². The van der Waals surface area contributed by atoms with Crippen LogP contribution in [0.25, 0.3) is 10.4 Å². The van der Waals surface area contributed by atoms with Crippen molar-refractivity contribution in [2.24, 2.45) is 5.11 Å². The fraction of sp³-hybridized carbons (Fsp3) is 0.750. The minimum Gasteiger partial charge on any atom is -0.481 e. The monoisotopic (exact) mass is 165 g/mol. The Bertz CT molecular complexity index is 153. The number of rotatable bonds is 3. The molecule has 0 fully saturated rings. The fourth-order valence-corrected chi connectivity index (χ4v) is 0.368. The standard InChI is InChI=1S/C4H7N3O2.ClH/c1-2-3(4(8)9)6-7-5;/h3H,2H2,1H3,(H,8,9);1H. The lowest BCUT2D eigenvalue weighted by Gasteiger charge is -1.97. The molecule has 10 heavy (non-hydrogen) atoms. The summed E-state index contributed by atoms with van der Waals surface area (Å²) in [5.41, 5.74) is 7.81. The Hall–Kier alpha value is -0.930. The molecule has 0 aliphatic heterocycles. The average Bonchev–Trinajstić information content (AvgIpc) is 1.82. The quantitative estimate of drug-likeness (QED) is 0.391. The summed E-state index contributed by atoms with van der Waals surface area (Å²) in [7, 11) is 0. The number of carboxylic acids is 1. The van der Waals surface area contributed by atoms with Gasteiger partial charge in [-0.2, -0.15) is 0 Å². The van der Waals surface area contributed by atoms with E-state index in [1.807, 2.05) is 0 Å². The summed E-state index contributed by atoms with van der Waals surface area (Å²) in [6, 6.07) is -0.907. The van der Waals surface area contributed by atoms with Crippen molar-refractivity contribution < 1.29 is 9.90 Å². The number of carboxylic acid groups (broad SMARTS) is 1. The van der Waals surface area contributed by atoms with Gasteiger partial charge in [-0.1, -0.05) is 12.0 Å². The van der Waals surface area contributed by atoms with Gasteiger partial charge >= 0.3 is 5.97 Å². The van der Waals surface area contributed by atoms with Gasteiger partial charge in [0, 0.05) is 4.91 Å². The van der Waals surface area contributed by atoms with Crippen LogP contribution in [0.2, 0.25) is 0 Å². The maximum Gasteiger partial charge on any atom is 0.312 e. The molecule has 0 heterocycles. The average molecular weight is 166 g/mol. The first-order valence-corrected chi connectivity index (χ1v) is 2.49. The molecule has 0 radical (unpaired) electrons. The number of aliphatic carboxylic acids is 1. The molecule has 1 unspecified atom stereocenters. The van der Waals surface area contributed by atoms with Crippen LogP contribution < -0.4 is 0 Å². The molecule has 0 aliphatic rings. The van der Waals surface area contributed by atoms with Gasteiger partial charge in [-0.25, -0.2) is 0 Å². The van der Waals surface area contributed by atoms with Crippen molar-refractivity contribution >= 4 is 18.4 Å². The van der Waals surface area contributed by atoms with Crippen molar-refractivity contribution in [3.05, 3.63) is 10.4 Å². The van der Waals surface area contributed by atoms with Crippen LogP contribution in [0.5, 0.6) is 0 Å². The number of azide groups is 1. The second kappa shape index (κ2) is 6.19. The molecule has 0 aliphatic carbocycles. The van der Waals surface area contributed by atoms with Crippen LogP contribution in [0.3, 0.4) is 0 Å². The highest BCUT2D eigenvalue weighted by Crippen LogP contribution is 1.96. The smallest absolute Gasteiger partial charge is 0.312 e. The zero-order chi connectivity index (χ0) is 7.28. The molecule has 0 aromatic rings. The first-order valence-electron chi connectivity index (χ1n) is 2.49. The maximum atomic E-state index is 10.1. The van der Waals surface area contributed by atoms with Gasteiger partial charge in [0.15, 0.2) is 0 Å². The zero-order valence-electron chi connectivity index (χ0n) is 5.39. The van der Waals surface area contributed by atoms with Crippen molar-refractivity contribution in [3.8, 4) is 0 Å². The van der Waals surface area contributed by atoms with Gasteiger partial charge in [0.05, 0.1) is 0 Å². The first-order chi connectivity index (χ1) is 4.22. The van der Waals surface area contributed by atoms with Crippen LogP contribution in [-0.2, 0) is 4.79 Å². The van der Waals surface area contributed by atoms with Gasteiger partial charge in [-0.05, 0) is 12.0 Å². The molecule has 1 N–H and O–H groups in total. The van der Waals surface area contributed by atoms with Gasteiger partial charge in [0.2, 0.25) is 0 Å². The zero-order valence-corrected chi connectivity index (χ0v) is 6.21. The summed E-state index contributed by atoms with van der Waals surface area (Å²) in [6.45, 7) is 1.65. The van der Waals surface area contributed by atoms with Gasteiger partial charge in [0.1, 0.15) is 6.04 Å². The molecule has 0 saturated heterocycles. The number of hydrogen-bond donors (Lipinski definition) is 1. The molecule has 0 saturated carbocycles. The second-order valence-corrected chi connectivity index (χ2v) is 1.47. The van der Waals surface area contributed by atoms with Gasteiger partial charge in [-0.3, -0.25) is 4.79 Å². The van der Waals surface area contributed by atoms with Gasteiger partial charge in [-0.15, -0.1) is 12.4 Å². The second-order valence-electron chi connectivity index (χ2n) is 1.47. The summed E-state index contributed by atoms with van der Waals surface area (Å²) in [5.74, 6) is -1.07. The third-order valence-electron chi connectivity index (χ3n) is 0.863. The Kier molecular flexibility index (Phi) is 7.32. The summed E-state index contributed by atoms with van der Waals surface area (Å²) in [5, 5.41) is 11.3. The van der Waals surface area contributed by atoms with Crippen molar-refractivity contribution in [2.45, 2.75) is 19.4 Å². The highest BCUT2D eigenvalue weighted by Gasteiger charge is 2.10. The lowest BCUT2D eigenvalue weighted by Crippen LogP contribution is -2.15. The molecule has 0 aromatic carbocycles. The topological polar surface area (TPSA) is 86.1 Å². The van der Waals surface area contributed by atoms with E-state index in [0.717, 1.165) is 0 Å². The highest BCUT2D eigenvalue weighted by molar-refractivity contribution is 5.85. The molecule has 5 nitrogen and oxygen atoms in total. The number of halogens is 1. The largest absolute Gasteiger partial charge is 0.481 e. The van der Waals surface area contributed by atoms with Crippen molar-refractivity contribution in [3.63, 3.8) is 0 Å². The molecule has 0 amide bonds. The molecule has 0 spiro atoms. The third-order valence-corrected chi connectivity index (χ3v) is 0.863. The Labute approximate surface area is 64.1 Å². The molecule has 6 heteroatoms. The van der Waals surface area contributed by atoms with Crippen LogP contribution in [0, 0.1) is 0 Å². The van der Waals surface area contributed by atoms with Crippen molar-refractivity contribution in [2.75, 3.05) is 0 Å². The van der Waals surface area contributed by atoms with Crippen LogP contribution >= 0.6 is 12.4 Å². The van der Waals surface area contributed by atoms with Crippen molar-refractivity contribution in [1.29, 1.82) is 0 Å². The molecule has 0 bridgehead atoms. The van der Waals surface area contributed by atoms with E-state index < -0.39 is 12.0 Å². The molecule has 0 aromatic heterocycles. The summed E-state index contributed by atoms with van der Waals surface area (Å²) >= 11 is 0. The van der Waals surface area contributed by atoms with E-state index in [4.69, 9.17) is 10.6 Å². The van der Waals surface area contributed by atoms with E-state index in [1.54, 1.807) is 6.92 Å². The molecular weight excluding hydrogens is 158 g/mol. The summed E-state index contributed by atoms with van der Waals surface area (Å²) in [6.07, 6.45) is 0.333. The van der Waals surface area contributed by atoms with E-state index in [9.17, 15) is 4.79 Å². The van der Waals surface area contributed by atoms with Crippen molar-refractivity contribution in [1.82, 2.24) is 0 Å². The summed E-state index contributed by atoms with van der Waals surface area (Å²) < 4.78 is 0. The van der Waals surface area contributed by atoms with E-state index in [0.29, 0.717) is 6.42 Å². The lowest BCUT2D eigenvalue weighted by atomic mass is 10.2. The fourth-order valence-electron chi connectivity index (χ4n) is 0.368. The predicted octanol–water partition coefficient (Wildman–Crippen LogP) is 1.58. The minimum atomic E-state index is -1.07. The molecule has 0 rings (SSSR count). The van der Waals surface area contributed by atoms with Crippen LogP contribution in [0.15, 0.2) is 5.11 Å². The van der Waals surface area contributed by atoms with E-state index >= 15 is 0 Å². The highest BCUT2D eigenvalue weighted by atomic mass is 35.5. The number of carbonyl (C=O) groups is 1. The lowest BCUT2D eigenvalue weighted by molar-refractivity contribution is -0.138. The maximum absolute atomic E-state index is 10.1. The normalized spacial score (nSPS) is 10.5. The van der Waals surface area contributed by atoms with E-state index in [2.05, 4.69) is 10.0 Å². The Balaban J connectivity index is 0. The molecule has 1 atom stereocenters. The molecular formula is C4H8ClN3O2. The van der Waals surface area contributed by atoms with Gasteiger partial charge in [0.25, 0.3) is 0 Å². The molecule has 58 valence electrons. The number of hydrogen-bond acceptors (Lipinski definition) is 2. The Morgan fingerprint density at radius 3 is 2.50 bits per heavy atom. The third kappa shape index (κ3) is 4.00. The van der Waals surface area contributed by atoms with Gasteiger partial charge < -0.3 is 5.11 Å². The van der Waals surface area contributed by atoms with Crippen LogP contribution in [-0.4, -0.2) is 17.1 Å².